The van der Waals surface area contributed by atoms with Gasteiger partial charge in [-0.25, -0.2) is 0 Å². The van der Waals surface area contributed by atoms with Crippen LogP contribution in [-0.2, 0) is 6.42 Å². The molecule has 112 valence electrons. The van der Waals surface area contributed by atoms with Gasteiger partial charge >= 0.3 is 0 Å². The molecule has 1 saturated heterocycles. The van der Waals surface area contributed by atoms with E-state index >= 15 is 0 Å². The van der Waals surface area contributed by atoms with Gasteiger partial charge in [0, 0.05) is 19.6 Å². The highest BCUT2D eigenvalue weighted by Gasteiger charge is 2.11. The Labute approximate surface area is 128 Å². The van der Waals surface area contributed by atoms with E-state index in [4.69, 9.17) is 0 Å². The Kier molecular flexibility index (Phi) is 4.89. The first kappa shape index (κ1) is 14.6. The van der Waals surface area contributed by atoms with Gasteiger partial charge in [-0.05, 0) is 55.7 Å². The third-order valence-corrected chi connectivity index (χ3v) is 4.59. The summed E-state index contributed by atoms with van der Waals surface area (Å²) in [5, 5.41) is 2.69. The number of likely N-dealkylation sites (tertiary alicyclic amines) is 1. The topological polar surface area (TPSA) is 6.48 Å². The van der Waals surface area contributed by atoms with Crippen molar-refractivity contribution >= 4 is 10.8 Å². The summed E-state index contributed by atoms with van der Waals surface area (Å²) in [4.78, 5) is 5.06. The molecule has 1 aliphatic rings. The molecule has 0 radical (unpaired) electrons. The van der Waals surface area contributed by atoms with E-state index in [9.17, 15) is 0 Å². The largest absolute Gasteiger partial charge is 0.305 e. The van der Waals surface area contributed by atoms with Crippen molar-refractivity contribution in [2.75, 3.05) is 39.8 Å². The lowest BCUT2D eigenvalue weighted by Crippen LogP contribution is -2.32. The molecule has 0 amide bonds. The molecule has 2 nitrogen and oxygen atoms in total. The minimum Gasteiger partial charge on any atom is -0.305 e. The SMILES string of the molecule is CN(CCc1ccc2ccccc2c1)CCN1CCCC1. The molecule has 0 unspecified atom stereocenters. The van der Waals surface area contributed by atoms with Crippen molar-refractivity contribution < 1.29 is 0 Å². The van der Waals surface area contributed by atoms with Crippen LogP contribution in [0.1, 0.15) is 18.4 Å². The Hall–Kier alpha value is -1.38. The van der Waals surface area contributed by atoms with Crippen LogP contribution in [0.4, 0.5) is 0 Å². The lowest BCUT2D eigenvalue weighted by atomic mass is 10.1. The number of nitrogens with zero attached hydrogens (tertiary/aromatic N) is 2. The van der Waals surface area contributed by atoms with Crippen molar-refractivity contribution in [1.82, 2.24) is 9.80 Å². The zero-order valence-corrected chi connectivity index (χ0v) is 13.1. The lowest BCUT2D eigenvalue weighted by molar-refractivity contribution is 0.259. The summed E-state index contributed by atoms with van der Waals surface area (Å²) in [6.45, 7) is 6.17. The summed E-state index contributed by atoms with van der Waals surface area (Å²) in [6, 6.07) is 15.5. The van der Waals surface area contributed by atoms with E-state index in [2.05, 4.69) is 59.3 Å². The van der Waals surface area contributed by atoms with Gasteiger partial charge in [0.25, 0.3) is 0 Å². The van der Waals surface area contributed by atoms with Crippen LogP contribution in [0.5, 0.6) is 0 Å². The van der Waals surface area contributed by atoms with Crippen LogP contribution in [-0.4, -0.2) is 49.6 Å². The Morgan fingerprint density at radius 3 is 2.52 bits per heavy atom. The maximum atomic E-state index is 2.59. The van der Waals surface area contributed by atoms with E-state index in [0.29, 0.717) is 0 Å². The summed E-state index contributed by atoms with van der Waals surface area (Å²) < 4.78 is 0. The van der Waals surface area contributed by atoms with Crippen LogP contribution in [0, 0.1) is 0 Å². The second-order valence-electron chi connectivity index (χ2n) is 6.28. The van der Waals surface area contributed by atoms with Gasteiger partial charge in [-0.15, -0.1) is 0 Å². The highest BCUT2D eigenvalue weighted by molar-refractivity contribution is 5.82. The van der Waals surface area contributed by atoms with E-state index in [0.717, 1.165) is 13.0 Å². The van der Waals surface area contributed by atoms with Gasteiger partial charge in [-0.3, -0.25) is 0 Å². The Morgan fingerprint density at radius 2 is 1.71 bits per heavy atom. The molecule has 0 spiro atoms. The van der Waals surface area contributed by atoms with Crippen LogP contribution >= 0.6 is 0 Å². The molecule has 0 aliphatic carbocycles. The fourth-order valence-corrected chi connectivity index (χ4v) is 3.14. The number of hydrogen-bond acceptors (Lipinski definition) is 2. The number of likely N-dealkylation sites (N-methyl/N-ethyl adjacent to an activating group) is 1. The Bertz CT molecular complexity index is 573. The van der Waals surface area contributed by atoms with Crippen LogP contribution in [0.25, 0.3) is 10.8 Å². The first-order valence-electron chi connectivity index (χ1n) is 8.20. The molecule has 0 aromatic heterocycles. The van der Waals surface area contributed by atoms with E-state index in [1.54, 1.807) is 0 Å². The van der Waals surface area contributed by atoms with Gasteiger partial charge in [0.05, 0.1) is 0 Å². The number of fused-ring (bicyclic) bond motifs is 1. The maximum absolute atomic E-state index is 2.59. The fourth-order valence-electron chi connectivity index (χ4n) is 3.14. The average Bonchev–Trinajstić information content (AvgIpc) is 3.04. The molecule has 1 fully saturated rings. The standard InChI is InChI=1S/C19H26N2/c1-20(14-15-21-11-4-5-12-21)13-10-17-8-9-18-6-2-3-7-19(18)16-17/h2-3,6-9,16H,4-5,10-15H2,1H3. The van der Waals surface area contributed by atoms with E-state index < -0.39 is 0 Å². The monoisotopic (exact) mass is 282 g/mol. The third-order valence-electron chi connectivity index (χ3n) is 4.59. The molecular formula is C19H26N2. The van der Waals surface area contributed by atoms with E-state index in [1.807, 2.05) is 0 Å². The normalized spacial score (nSPS) is 16.1. The molecule has 1 aliphatic heterocycles. The smallest absolute Gasteiger partial charge is 0.0109 e. The summed E-state index contributed by atoms with van der Waals surface area (Å²) in [5.41, 5.74) is 1.45. The predicted molar refractivity (Wildman–Crippen MR) is 90.8 cm³/mol. The van der Waals surface area contributed by atoms with Crippen molar-refractivity contribution in [1.29, 1.82) is 0 Å². The molecule has 0 bridgehead atoms. The maximum Gasteiger partial charge on any atom is 0.0109 e. The van der Waals surface area contributed by atoms with Gasteiger partial charge < -0.3 is 9.80 Å². The van der Waals surface area contributed by atoms with Crippen molar-refractivity contribution in [3.8, 4) is 0 Å². The molecule has 2 heteroatoms. The van der Waals surface area contributed by atoms with Crippen molar-refractivity contribution in [2.45, 2.75) is 19.3 Å². The molecule has 21 heavy (non-hydrogen) atoms. The first-order valence-corrected chi connectivity index (χ1v) is 8.20. The molecule has 2 aromatic carbocycles. The minimum absolute atomic E-state index is 1.14. The molecule has 0 N–H and O–H groups in total. The van der Waals surface area contributed by atoms with Gasteiger partial charge in [0.2, 0.25) is 0 Å². The van der Waals surface area contributed by atoms with Crippen LogP contribution in [0.3, 0.4) is 0 Å². The summed E-state index contributed by atoms with van der Waals surface area (Å²) in [5.74, 6) is 0. The van der Waals surface area contributed by atoms with Crippen LogP contribution < -0.4 is 0 Å². The second kappa shape index (κ2) is 7.06. The number of benzene rings is 2. The van der Waals surface area contributed by atoms with Gasteiger partial charge in [0.1, 0.15) is 0 Å². The summed E-state index contributed by atoms with van der Waals surface area (Å²) in [7, 11) is 2.25. The predicted octanol–water partition coefficient (Wildman–Crippen LogP) is 3.41. The number of rotatable bonds is 6. The van der Waals surface area contributed by atoms with Crippen LogP contribution in [0.15, 0.2) is 42.5 Å². The first-order chi connectivity index (χ1) is 10.3. The van der Waals surface area contributed by atoms with Gasteiger partial charge in [0.15, 0.2) is 0 Å². The molecule has 1 heterocycles. The number of hydrogen-bond donors (Lipinski definition) is 0. The average molecular weight is 282 g/mol. The Balaban J connectivity index is 1.48. The van der Waals surface area contributed by atoms with Crippen molar-refractivity contribution in [3.05, 3.63) is 48.0 Å². The summed E-state index contributed by atoms with van der Waals surface area (Å²) in [6.07, 6.45) is 3.92. The third kappa shape index (κ3) is 4.05. The van der Waals surface area contributed by atoms with Crippen LogP contribution in [0.2, 0.25) is 0 Å². The van der Waals surface area contributed by atoms with Crippen molar-refractivity contribution in [3.63, 3.8) is 0 Å². The highest BCUT2D eigenvalue weighted by Crippen LogP contribution is 2.16. The zero-order valence-electron chi connectivity index (χ0n) is 13.1. The highest BCUT2D eigenvalue weighted by atomic mass is 15.2. The molecule has 0 saturated carbocycles. The minimum atomic E-state index is 1.14. The second-order valence-corrected chi connectivity index (χ2v) is 6.28. The zero-order chi connectivity index (χ0) is 14.5. The summed E-state index contributed by atoms with van der Waals surface area (Å²) >= 11 is 0. The molecule has 3 rings (SSSR count). The fraction of sp³-hybridized carbons (Fsp3) is 0.474. The van der Waals surface area contributed by atoms with Gasteiger partial charge in [-0.2, -0.15) is 0 Å². The lowest BCUT2D eigenvalue weighted by Gasteiger charge is -2.21. The molecule has 0 atom stereocenters. The molecular weight excluding hydrogens is 256 g/mol. The van der Waals surface area contributed by atoms with Gasteiger partial charge in [-0.1, -0.05) is 42.5 Å². The quantitative estimate of drug-likeness (QED) is 0.801. The molecule has 2 aromatic rings. The van der Waals surface area contributed by atoms with E-state index in [-0.39, 0.29) is 0 Å². The van der Waals surface area contributed by atoms with E-state index in [1.165, 1.54) is 55.4 Å². The van der Waals surface area contributed by atoms with Crippen molar-refractivity contribution in [2.24, 2.45) is 0 Å². The Morgan fingerprint density at radius 1 is 0.952 bits per heavy atom.